The van der Waals surface area contributed by atoms with Gasteiger partial charge >= 0.3 is 0 Å². The molecule has 0 saturated carbocycles. The summed E-state index contributed by atoms with van der Waals surface area (Å²) in [7, 11) is 2.05. The van der Waals surface area contributed by atoms with E-state index in [9.17, 15) is 0 Å². The topological polar surface area (TPSA) is 38.5 Å². The SMILES string of the molecule is CN1c2cccc(Br)c2OCC1CN. The fraction of sp³-hybridized carbons (Fsp3) is 0.400. The molecule has 76 valence electrons. The predicted molar refractivity (Wildman–Crippen MR) is 60.9 cm³/mol. The normalized spacial score (nSPS) is 20.2. The van der Waals surface area contributed by atoms with Crippen LogP contribution in [0, 0.1) is 0 Å². The van der Waals surface area contributed by atoms with Gasteiger partial charge in [0.15, 0.2) is 5.75 Å². The van der Waals surface area contributed by atoms with Gasteiger partial charge in [0.2, 0.25) is 0 Å². The minimum absolute atomic E-state index is 0.275. The van der Waals surface area contributed by atoms with E-state index in [1.807, 2.05) is 25.2 Å². The average molecular weight is 257 g/mol. The molecule has 2 rings (SSSR count). The highest BCUT2D eigenvalue weighted by atomic mass is 79.9. The number of nitrogens with two attached hydrogens (primary N) is 1. The zero-order chi connectivity index (χ0) is 10.1. The highest BCUT2D eigenvalue weighted by Crippen LogP contribution is 2.38. The lowest BCUT2D eigenvalue weighted by Gasteiger charge is -2.35. The molecule has 4 heteroatoms. The number of para-hydroxylation sites is 1. The van der Waals surface area contributed by atoms with Gasteiger partial charge in [-0.2, -0.15) is 0 Å². The Hall–Kier alpha value is -0.740. The van der Waals surface area contributed by atoms with E-state index in [1.54, 1.807) is 0 Å². The fourth-order valence-corrected chi connectivity index (χ4v) is 2.10. The van der Waals surface area contributed by atoms with Crippen molar-refractivity contribution in [3.8, 4) is 5.75 Å². The van der Waals surface area contributed by atoms with Gasteiger partial charge in [-0.1, -0.05) is 6.07 Å². The molecule has 0 saturated heterocycles. The van der Waals surface area contributed by atoms with Crippen LogP contribution in [0.25, 0.3) is 0 Å². The molecular weight excluding hydrogens is 244 g/mol. The molecule has 0 aromatic heterocycles. The van der Waals surface area contributed by atoms with Crippen molar-refractivity contribution in [2.75, 3.05) is 25.1 Å². The lowest BCUT2D eigenvalue weighted by Crippen LogP contribution is -2.45. The lowest BCUT2D eigenvalue weighted by molar-refractivity contribution is 0.267. The van der Waals surface area contributed by atoms with Crippen LogP contribution in [-0.4, -0.2) is 26.2 Å². The van der Waals surface area contributed by atoms with Gasteiger partial charge < -0.3 is 15.4 Å². The number of hydrogen-bond donors (Lipinski definition) is 1. The number of anilines is 1. The van der Waals surface area contributed by atoms with Crippen LogP contribution in [0.15, 0.2) is 22.7 Å². The van der Waals surface area contributed by atoms with Gasteiger partial charge in [0.25, 0.3) is 0 Å². The van der Waals surface area contributed by atoms with E-state index in [-0.39, 0.29) is 6.04 Å². The largest absolute Gasteiger partial charge is 0.488 e. The summed E-state index contributed by atoms with van der Waals surface area (Å²) in [5, 5.41) is 0. The van der Waals surface area contributed by atoms with Crippen molar-refractivity contribution in [2.45, 2.75) is 6.04 Å². The first-order valence-electron chi connectivity index (χ1n) is 4.58. The lowest BCUT2D eigenvalue weighted by atomic mass is 10.2. The van der Waals surface area contributed by atoms with Crippen molar-refractivity contribution in [3.05, 3.63) is 22.7 Å². The number of likely N-dealkylation sites (N-methyl/N-ethyl adjacent to an activating group) is 1. The van der Waals surface area contributed by atoms with Crippen LogP contribution in [0.3, 0.4) is 0 Å². The van der Waals surface area contributed by atoms with Crippen LogP contribution in [0.2, 0.25) is 0 Å². The second kappa shape index (κ2) is 3.79. The number of halogens is 1. The number of fused-ring (bicyclic) bond motifs is 1. The Morgan fingerprint density at radius 2 is 2.43 bits per heavy atom. The maximum atomic E-state index is 5.66. The Kier molecular flexibility index (Phi) is 2.65. The Bertz CT molecular complexity index is 343. The van der Waals surface area contributed by atoms with Crippen LogP contribution in [0.5, 0.6) is 5.75 Å². The van der Waals surface area contributed by atoms with Crippen molar-refractivity contribution in [2.24, 2.45) is 5.73 Å². The van der Waals surface area contributed by atoms with Gasteiger partial charge in [-0.05, 0) is 28.1 Å². The molecular formula is C10H13BrN2O. The molecule has 0 aliphatic carbocycles. The molecule has 1 atom stereocenters. The summed E-state index contributed by atoms with van der Waals surface area (Å²) in [5.41, 5.74) is 6.75. The first-order chi connectivity index (χ1) is 6.74. The number of nitrogens with zero attached hydrogens (tertiary/aromatic N) is 1. The van der Waals surface area contributed by atoms with Crippen LogP contribution in [-0.2, 0) is 0 Å². The third kappa shape index (κ3) is 1.48. The summed E-state index contributed by atoms with van der Waals surface area (Å²) in [6.45, 7) is 1.27. The van der Waals surface area contributed by atoms with Gasteiger partial charge in [-0.25, -0.2) is 0 Å². The van der Waals surface area contributed by atoms with E-state index in [4.69, 9.17) is 10.5 Å². The quantitative estimate of drug-likeness (QED) is 0.830. The van der Waals surface area contributed by atoms with Crippen molar-refractivity contribution < 1.29 is 4.74 Å². The molecule has 1 aromatic carbocycles. The van der Waals surface area contributed by atoms with Gasteiger partial charge in [0.05, 0.1) is 16.2 Å². The van der Waals surface area contributed by atoms with Crippen molar-refractivity contribution in [3.63, 3.8) is 0 Å². The van der Waals surface area contributed by atoms with Crippen molar-refractivity contribution in [1.82, 2.24) is 0 Å². The maximum absolute atomic E-state index is 5.66. The molecule has 0 radical (unpaired) electrons. The van der Waals surface area contributed by atoms with E-state index in [1.165, 1.54) is 0 Å². The van der Waals surface area contributed by atoms with Crippen LogP contribution < -0.4 is 15.4 Å². The Morgan fingerprint density at radius 3 is 3.14 bits per heavy atom. The second-order valence-corrected chi connectivity index (χ2v) is 4.25. The summed E-state index contributed by atoms with van der Waals surface area (Å²) in [5.74, 6) is 0.916. The number of benzene rings is 1. The van der Waals surface area contributed by atoms with E-state index >= 15 is 0 Å². The first-order valence-corrected chi connectivity index (χ1v) is 5.37. The zero-order valence-corrected chi connectivity index (χ0v) is 9.62. The fourth-order valence-electron chi connectivity index (χ4n) is 1.63. The van der Waals surface area contributed by atoms with E-state index in [2.05, 4.69) is 20.8 Å². The summed E-state index contributed by atoms with van der Waals surface area (Å²) < 4.78 is 6.66. The summed E-state index contributed by atoms with van der Waals surface area (Å²) in [4.78, 5) is 2.17. The molecule has 1 aliphatic rings. The number of rotatable bonds is 1. The highest BCUT2D eigenvalue weighted by Gasteiger charge is 2.24. The molecule has 1 aliphatic heterocycles. The molecule has 3 nitrogen and oxygen atoms in total. The maximum Gasteiger partial charge on any atom is 0.156 e. The van der Waals surface area contributed by atoms with Gasteiger partial charge in [-0.3, -0.25) is 0 Å². The van der Waals surface area contributed by atoms with Crippen LogP contribution >= 0.6 is 15.9 Å². The van der Waals surface area contributed by atoms with Gasteiger partial charge in [0.1, 0.15) is 6.61 Å². The van der Waals surface area contributed by atoms with Crippen LogP contribution in [0.4, 0.5) is 5.69 Å². The molecule has 0 spiro atoms. The Morgan fingerprint density at radius 1 is 1.64 bits per heavy atom. The summed E-state index contributed by atoms with van der Waals surface area (Å²) in [6, 6.07) is 6.30. The monoisotopic (exact) mass is 256 g/mol. The standard InChI is InChI=1S/C10H13BrN2O/c1-13-7(5-12)6-14-10-8(11)3-2-4-9(10)13/h2-4,7H,5-6,12H2,1H3. The van der Waals surface area contributed by atoms with Gasteiger partial charge in [0, 0.05) is 13.6 Å². The van der Waals surface area contributed by atoms with E-state index in [0.717, 1.165) is 15.9 Å². The average Bonchev–Trinajstić information content (AvgIpc) is 2.20. The second-order valence-electron chi connectivity index (χ2n) is 3.40. The first kappa shape index (κ1) is 9.80. The van der Waals surface area contributed by atoms with Crippen molar-refractivity contribution >= 4 is 21.6 Å². The predicted octanol–water partition coefficient (Wildman–Crippen LogP) is 1.60. The van der Waals surface area contributed by atoms with Crippen molar-refractivity contribution in [1.29, 1.82) is 0 Å². The third-order valence-electron chi connectivity index (χ3n) is 2.57. The Balaban J connectivity index is 2.41. The molecule has 0 amide bonds. The van der Waals surface area contributed by atoms with Crippen LogP contribution in [0.1, 0.15) is 0 Å². The van der Waals surface area contributed by atoms with E-state index < -0.39 is 0 Å². The minimum Gasteiger partial charge on any atom is -0.488 e. The summed E-state index contributed by atoms with van der Waals surface area (Å²) >= 11 is 3.47. The minimum atomic E-state index is 0.275. The summed E-state index contributed by atoms with van der Waals surface area (Å²) in [6.07, 6.45) is 0. The molecule has 0 fully saturated rings. The molecule has 1 aromatic rings. The highest BCUT2D eigenvalue weighted by molar-refractivity contribution is 9.10. The number of hydrogen-bond acceptors (Lipinski definition) is 3. The molecule has 1 heterocycles. The van der Waals surface area contributed by atoms with E-state index in [0.29, 0.717) is 13.2 Å². The molecule has 0 bridgehead atoms. The zero-order valence-electron chi connectivity index (χ0n) is 8.03. The molecule has 14 heavy (non-hydrogen) atoms. The molecule has 1 unspecified atom stereocenters. The molecule has 2 N–H and O–H groups in total. The van der Waals surface area contributed by atoms with Gasteiger partial charge in [-0.15, -0.1) is 0 Å². The number of ether oxygens (including phenoxy) is 1. The Labute approximate surface area is 92.0 Å². The third-order valence-corrected chi connectivity index (χ3v) is 3.19. The smallest absolute Gasteiger partial charge is 0.156 e.